The number of aromatic nitrogens is 2. The fraction of sp³-hybridized carbons (Fsp3) is 0.250. The van der Waals surface area contributed by atoms with Crippen molar-refractivity contribution in [2.24, 2.45) is 0 Å². The maximum atomic E-state index is 5.91. The van der Waals surface area contributed by atoms with E-state index in [1.807, 2.05) is 31.2 Å². The number of nitrogen functional groups attached to an aromatic ring is 1. The third kappa shape index (κ3) is 1.31. The Bertz CT molecular complexity index is 533. The first-order valence-corrected chi connectivity index (χ1v) is 5.31. The summed E-state index contributed by atoms with van der Waals surface area (Å²) in [6, 6.07) is 7.72. The fourth-order valence-electron chi connectivity index (χ4n) is 2.00. The van der Waals surface area contributed by atoms with E-state index in [0.717, 1.165) is 28.5 Å². The molecular weight excluding hydrogens is 202 g/mol. The van der Waals surface area contributed by atoms with Crippen LogP contribution < -0.4 is 5.73 Å². The molecule has 0 spiro atoms. The van der Waals surface area contributed by atoms with Gasteiger partial charge in [0.25, 0.3) is 0 Å². The zero-order chi connectivity index (χ0) is 11.1. The van der Waals surface area contributed by atoms with Gasteiger partial charge in [-0.1, -0.05) is 12.1 Å². The number of benzene rings is 1. The monoisotopic (exact) mass is 215 g/mol. The number of imidazole rings is 1. The smallest absolute Gasteiger partial charge is 0.140 e. The Morgan fingerprint density at radius 1 is 1.44 bits per heavy atom. The molecule has 0 fully saturated rings. The van der Waals surface area contributed by atoms with Crippen molar-refractivity contribution in [1.29, 1.82) is 0 Å². The van der Waals surface area contributed by atoms with E-state index in [4.69, 9.17) is 10.5 Å². The van der Waals surface area contributed by atoms with Crippen LogP contribution in [-0.2, 0) is 11.3 Å². The number of anilines is 1. The van der Waals surface area contributed by atoms with Gasteiger partial charge in [0.05, 0.1) is 24.1 Å². The fourth-order valence-corrected chi connectivity index (χ4v) is 2.00. The molecule has 3 rings (SSSR count). The Hall–Kier alpha value is -1.81. The number of hydrogen-bond donors (Lipinski definition) is 2. The molecule has 1 unspecified atom stereocenters. The minimum atomic E-state index is 0.0740. The van der Waals surface area contributed by atoms with Crippen molar-refractivity contribution in [1.82, 2.24) is 9.97 Å². The van der Waals surface area contributed by atoms with E-state index in [0.29, 0.717) is 6.61 Å². The third-order valence-corrected chi connectivity index (χ3v) is 2.89. The van der Waals surface area contributed by atoms with E-state index in [1.54, 1.807) is 0 Å². The number of fused-ring (bicyclic) bond motifs is 1. The highest BCUT2D eigenvalue weighted by Crippen LogP contribution is 2.32. The van der Waals surface area contributed by atoms with Crippen molar-refractivity contribution in [3.8, 4) is 11.4 Å². The number of para-hydroxylation sites is 1. The summed E-state index contributed by atoms with van der Waals surface area (Å²) in [6.07, 6.45) is 0.0740. The standard InChI is InChI=1S/C12H13N3O/c1-7-11-10(6-16-7)14-12(15-11)8-4-2-3-5-9(8)13/h2-5,7H,6,13H2,1H3,(H,14,15). The lowest BCUT2D eigenvalue weighted by Gasteiger charge is -2.03. The van der Waals surface area contributed by atoms with Crippen molar-refractivity contribution < 1.29 is 4.74 Å². The predicted octanol–water partition coefficient (Wildman–Crippen LogP) is 2.25. The lowest BCUT2D eigenvalue weighted by Crippen LogP contribution is -1.94. The highest BCUT2D eigenvalue weighted by Gasteiger charge is 2.24. The van der Waals surface area contributed by atoms with Crippen LogP contribution in [-0.4, -0.2) is 9.97 Å². The zero-order valence-electron chi connectivity index (χ0n) is 9.03. The van der Waals surface area contributed by atoms with Gasteiger partial charge >= 0.3 is 0 Å². The number of hydrogen-bond acceptors (Lipinski definition) is 3. The van der Waals surface area contributed by atoms with Crippen molar-refractivity contribution in [3.05, 3.63) is 35.7 Å². The molecule has 4 nitrogen and oxygen atoms in total. The highest BCUT2D eigenvalue weighted by molar-refractivity contribution is 5.71. The normalized spacial score (nSPS) is 18.7. The van der Waals surface area contributed by atoms with Gasteiger partial charge in [0.2, 0.25) is 0 Å². The van der Waals surface area contributed by atoms with Crippen LogP contribution in [0.4, 0.5) is 5.69 Å². The summed E-state index contributed by atoms with van der Waals surface area (Å²) in [5, 5.41) is 0. The first kappa shape index (κ1) is 9.42. The van der Waals surface area contributed by atoms with Crippen molar-refractivity contribution in [2.75, 3.05) is 5.73 Å². The maximum absolute atomic E-state index is 5.91. The quantitative estimate of drug-likeness (QED) is 0.717. The summed E-state index contributed by atoms with van der Waals surface area (Å²) in [6.45, 7) is 2.61. The van der Waals surface area contributed by atoms with Gasteiger partial charge in [-0.2, -0.15) is 0 Å². The Morgan fingerprint density at radius 3 is 3.00 bits per heavy atom. The number of H-pyrrole nitrogens is 1. The van der Waals surface area contributed by atoms with E-state index in [1.165, 1.54) is 0 Å². The van der Waals surface area contributed by atoms with Gasteiger partial charge in [0.1, 0.15) is 5.82 Å². The lowest BCUT2D eigenvalue weighted by atomic mass is 10.2. The molecule has 1 aliphatic rings. The van der Waals surface area contributed by atoms with E-state index in [2.05, 4.69) is 9.97 Å². The molecule has 1 atom stereocenters. The molecular formula is C12H13N3O. The highest BCUT2D eigenvalue weighted by atomic mass is 16.5. The molecule has 82 valence electrons. The molecule has 2 heterocycles. The number of rotatable bonds is 1. The van der Waals surface area contributed by atoms with Crippen LogP contribution in [0.3, 0.4) is 0 Å². The summed E-state index contributed by atoms with van der Waals surface area (Å²) < 4.78 is 5.46. The Morgan fingerprint density at radius 2 is 2.25 bits per heavy atom. The second kappa shape index (κ2) is 3.35. The van der Waals surface area contributed by atoms with Gasteiger partial charge < -0.3 is 15.5 Å². The number of aromatic amines is 1. The summed E-state index contributed by atoms with van der Waals surface area (Å²) >= 11 is 0. The molecule has 0 aliphatic carbocycles. The molecule has 1 aliphatic heterocycles. The van der Waals surface area contributed by atoms with Gasteiger partial charge in [-0.15, -0.1) is 0 Å². The topological polar surface area (TPSA) is 63.9 Å². The van der Waals surface area contributed by atoms with Crippen molar-refractivity contribution in [3.63, 3.8) is 0 Å². The van der Waals surface area contributed by atoms with Crippen LogP contribution in [0.5, 0.6) is 0 Å². The van der Waals surface area contributed by atoms with Crippen LogP contribution in [0.15, 0.2) is 24.3 Å². The molecule has 1 aromatic heterocycles. The first-order valence-electron chi connectivity index (χ1n) is 5.31. The first-order chi connectivity index (χ1) is 7.75. The Labute approximate surface area is 93.5 Å². The molecule has 0 bridgehead atoms. The molecule has 0 amide bonds. The van der Waals surface area contributed by atoms with Gasteiger partial charge in [0.15, 0.2) is 0 Å². The van der Waals surface area contributed by atoms with E-state index in [9.17, 15) is 0 Å². The van der Waals surface area contributed by atoms with Crippen LogP contribution >= 0.6 is 0 Å². The minimum Gasteiger partial charge on any atom is -0.398 e. The molecule has 3 N–H and O–H groups in total. The second-order valence-corrected chi connectivity index (χ2v) is 3.99. The molecule has 0 saturated heterocycles. The number of nitrogens with zero attached hydrogens (tertiary/aromatic N) is 1. The Kier molecular flexibility index (Phi) is 1.97. The average molecular weight is 215 g/mol. The van der Waals surface area contributed by atoms with Crippen LogP contribution in [0.25, 0.3) is 11.4 Å². The minimum absolute atomic E-state index is 0.0740. The number of ether oxygens (including phenoxy) is 1. The summed E-state index contributed by atoms with van der Waals surface area (Å²) in [7, 11) is 0. The van der Waals surface area contributed by atoms with Gasteiger partial charge in [-0.05, 0) is 19.1 Å². The predicted molar refractivity (Wildman–Crippen MR) is 61.6 cm³/mol. The third-order valence-electron chi connectivity index (χ3n) is 2.89. The average Bonchev–Trinajstić information content (AvgIpc) is 2.82. The lowest BCUT2D eigenvalue weighted by molar-refractivity contribution is 0.0762. The number of nitrogens with one attached hydrogen (secondary N) is 1. The molecule has 4 heteroatoms. The molecule has 0 radical (unpaired) electrons. The summed E-state index contributed by atoms with van der Waals surface area (Å²) in [4.78, 5) is 7.81. The van der Waals surface area contributed by atoms with Gasteiger partial charge in [-0.3, -0.25) is 0 Å². The Balaban J connectivity index is 2.09. The maximum Gasteiger partial charge on any atom is 0.140 e. The van der Waals surface area contributed by atoms with Crippen molar-refractivity contribution >= 4 is 5.69 Å². The van der Waals surface area contributed by atoms with Crippen LogP contribution in [0.1, 0.15) is 24.4 Å². The summed E-state index contributed by atoms with van der Waals surface area (Å²) in [5.74, 6) is 0.832. The van der Waals surface area contributed by atoms with E-state index in [-0.39, 0.29) is 6.10 Å². The SMILES string of the molecule is CC1OCc2[nH]c(-c3ccccc3N)nc21. The second-order valence-electron chi connectivity index (χ2n) is 3.99. The molecule has 0 saturated carbocycles. The number of nitrogens with two attached hydrogens (primary N) is 1. The van der Waals surface area contributed by atoms with Crippen molar-refractivity contribution in [2.45, 2.75) is 19.6 Å². The zero-order valence-corrected chi connectivity index (χ0v) is 9.03. The van der Waals surface area contributed by atoms with E-state index >= 15 is 0 Å². The molecule has 16 heavy (non-hydrogen) atoms. The largest absolute Gasteiger partial charge is 0.398 e. The molecule has 2 aromatic rings. The van der Waals surface area contributed by atoms with Gasteiger partial charge in [0, 0.05) is 11.3 Å². The molecule has 1 aromatic carbocycles. The van der Waals surface area contributed by atoms with Gasteiger partial charge in [-0.25, -0.2) is 4.98 Å². The van der Waals surface area contributed by atoms with Crippen LogP contribution in [0.2, 0.25) is 0 Å². The summed E-state index contributed by atoms with van der Waals surface area (Å²) in [5.41, 5.74) is 9.66. The van der Waals surface area contributed by atoms with E-state index < -0.39 is 0 Å². The van der Waals surface area contributed by atoms with Crippen LogP contribution in [0, 0.1) is 0 Å².